The van der Waals surface area contributed by atoms with Gasteiger partial charge in [0, 0.05) is 28.2 Å². The van der Waals surface area contributed by atoms with Gasteiger partial charge in [-0.3, -0.25) is 4.79 Å². The topological polar surface area (TPSA) is 77.5 Å². The highest BCUT2D eigenvalue weighted by atomic mass is 16.3. The van der Waals surface area contributed by atoms with E-state index >= 15 is 0 Å². The molecule has 1 amide bonds. The van der Waals surface area contributed by atoms with Crippen LogP contribution >= 0.6 is 0 Å². The lowest BCUT2D eigenvalue weighted by molar-refractivity contribution is -0.120. The minimum atomic E-state index is -0.216. The fourth-order valence-corrected chi connectivity index (χ4v) is 3.54. The Labute approximate surface area is 178 Å². The quantitative estimate of drug-likeness (QED) is 0.414. The van der Waals surface area contributed by atoms with Gasteiger partial charge in [-0.1, -0.05) is 59.7 Å². The monoisotopic (exact) mass is 405 g/mol. The summed E-state index contributed by atoms with van der Waals surface area (Å²) in [6, 6.07) is 11.8. The van der Waals surface area contributed by atoms with Crippen LogP contribution in [0.2, 0.25) is 0 Å². The molecule has 3 rings (SSSR count). The molecule has 0 aliphatic carbocycles. The highest BCUT2D eigenvalue weighted by molar-refractivity contribution is 5.89. The second-order valence-corrected chi connectivity index (χ2v) is 9.79. The maximum absolute atomic E-state index is 12.4. The first-order valence-electron chi connectivity index (χ1n) is 10.2. The number of amides is 1. The standard InChI is InChI=1S/C25H31N3O2/c1-24(2,3)19-11-16(12-20(23(19)30)25(4,5)6)14-27-28-22(29)13-17-15-26-21-10-8-7-9-18(17)21/h7-12,14-15,26,30H,13H2,1-6H3,(H,28,29). The number of aromatic amines is 1. The first kappa shape index (κ1) is 21.6. The van der Waals surface area contributed by atoms with E-state index in [0.29, 0.717) is 5.75 Å². The first-order chi connectivity index (χ1) is 14.0. The number of carbonyl (C=O) groups is 1. The second kappa shape index (κ2) is 7.98. The summed E-state index contributed by atoms with van der Waals surface area (Å²) in [5.74, 6) is 0.150. The van der Waals surface area contributed by atoms with E-state index in [-0.39, 0.29) is 23.2 Å². The highest BCUT2D eigenvalue weighted by Gasteiger charge is 2.26. The van der Waals surface area contributed by atoms with E-state index in [1.165, 1.54) is 0 Å². The number of para-hydroxylation sites is 1. The van der Waals surface area contributed by atoms with Crippen molar-refractivity contribution in [2.24, 2.45) is 5.10 Å². The molecule has 0 unspecified atom stereocenters. The van der Waals surface area contributed by atoms with Gasteiger partial charge in [0.25, 0.3) is 0 Å². The summed E-state index contributed by atoms with van der Waals surface area (Å²) in [4.78, 5) is 15.6. The molecular formula is C25H31N3O2. The smallest absolute Gasteiger partial charge is 0.244 e. The molecule has 0 aliphatic heterocycles. The molecule has 0 saturated heterocycles. The fourth-order valence-electron chi connectivity index (χ4n) is 3.54. The Morgan fingerprint density at radius 2 is 1.67 bits per heavy atom. The summed E-state index contributed by atoms with van der Waals surface area (Å²) in [6.45, 7) is 12.4. The number of hydrogen-bond donors (Lipinski definition) is 3. The molecular weight excluding hydrogens is 374 g/mol. The third-order valence-electron chi connectivity index (χ3n) is 5.18. The van der Waals surface area contributed by atoms with Crippen LogP contribution < -0.4 is 5.43 Å². The Morgan fingerprint density at radius 1 is 1.07 bits per heavy atom. The van der Waals surface area contributed by atoms with Gasteiger partial charge in [0.2, 0.25) is 5.91 Å². The molecule has 30 heavy (non-hydrogen) atoms. The molecule has 0 fully saturated rings. The van der Waals surface area contributed by atoms with Crippen molar-refractivity contribution in [3.63, 3.8) is 0 Å². The number of nitrogens with one attached hydrogen (secondary N) is 2. The first-order valence-corrected chi connectivity index (χ1v) is 10.2. The van der Waals surface area contributed by atoms with E-state index in [9.17, 15) is 9.90 Å². The fraction of sp³-hybridized carbons (Fsp3) is 0.360. The van der Waals surface area contributed by atoms with Gasteiger partial charge in [-0.2, -0.15) is 5.10 Å². The van der Waals surface area contributed by atoms with Crippen molar-refractivity contribution in [2.45, 2.75) is 58.8 Å². The number of H-pyrrole nitrogens is 1. The van der Waals surface area contributed by atoms with E-state index in [0.717, 1.165) is 33.2 Å². The Kier molecular flexibility index (Phi) is 5.75. The van der Waals surface area contributed by atoms with Crippen molar-refractivity contribution in [1.29, 1.82) is 0 Å². The van der Waals surface area contributed by atoms with Gasteiger partial charge >= 0.3 is 0 Å². The van der Waals surface area contributed by atoms with Gasteiger partial charge in [0.1, 0.15) is 5.75 Å². The molecule has 0 aliphatic rings. The number of carbonyl (C=O) groups excluding carboxylic acids is 1. The van der Waals surface area contributed by atoms with Crippen molar-refractivity contribution in [3.8, 4) is 5.75 Å². The summed E-state index contributed by atoms with van der Waals surface area (Å²) in [5.41, 5.74) is 6.70. The van der Waals surface area contributed by atoms with Gasteiger partial charge in [0.15, 0.2) is 0 Å². The number of hydrogen-bond acceptors (Lipinski definition) is 3. The molecule has 5 heteroatoms. The lowest BCUT2D eigenvalue weighted by atomic mass is 9.78. The van der Waals surface area contributed by atoms with Crippen LogP contribution in [-0.2, 0) is 22.0 Å². The summed E-state index contributed by atoms with van der Waals surface area (Å²) in [6.07, 6.45) is 3.74. The van der Waals surface area contributed by atoms with E-state index < -0.39 is 0 Å². The Bertz CT molecular complexity index is 1060. The predicted octanol–water partition coefficient (Wildman–Crippen LogP) is 5.16. The lowest BCUT2D eigenvalue weighted by Crippen LogP contribution is -2.20. The summed E-state index contributed by atoms with van der Waals surface area (Å²) in [7, 11) is 0. The number of aromatic nitrogens is 1. The van der Waals surface area contributed by atoms with Crippen LogP contribution in [0.4, 0.5) is 0 Å². The van der Waals surface area contributed by atoms with Crippen LogP contribution in [0.25, 0.3) is 10.9 Å². The number of rotatable bonds is 4. The normalized spacial score (nSPS) is 12.6. The largest absolute Gasteiger partial charge is 0.507 e. The SMILES string of the molecule is CC(C)(C)c1cc(C=NNC(=O)Cc2c[nH]c3ccccc23)cc(C(C)(C)C)c1O. The molecule has 1 heterocycles. The maximum atomic E-state index is 12.4. The zero-order valence-corrected chi connectivity index (χ0v) is 18.6. The van der Waals surface area contributed by atoms with Gasteiger partial charge in [-0.15, -0.1) is 0 Å². The summed E-state index contributed by atoms with van der Waals surface area (Å²) < 4.78 is 0. The highest BCUT2D eigenvalue weighted by Crippen LogP contribution is 2.39. The minimum absolute atomic E-state index is 0.179. The van der Waals surface area contributed by atoms with Gasteiger partial charge < -0.3 is 10.1 Å². The third-order valence-corrected chi connectivity index (χ3v) is 5.18. The molecule has 3 aromatic rings. The Hall–Kier alpha value is -3.08. The van der Waals surface area contributed by atoms with Crippen LogP contribution in [0.1, 0.15) is 63.8 Å². The molecule has 158 valence electrons. The number of phenols is 1. The van der Waals surface area contributed by atoms with E-state index in [2.05, 4.69) is 57.1 Å². The molecule has 0 saturated carbocycles. The van der Waals surface area contributed by atoms with Crippen molar-refractivity contribution >= 4 is 23.0 Å². The maximum Gasteiger partial charge on any atom is 0.244 e. The zero-order valence-electron chi connectivity index (χ0n) is 18.6. The van der Waals surface area contributed by atoms with Crippen molar-refractivity contribution in [1.82, 2.24) is 10.4 Å². The second-order valence-electron chi connectivity index (χ2n) is 9.79. The minimum Gasteiger partial charge on any atom is -0.507 e. The van der Waals surface area contributed by atoms with Gasteiger partial charge in [-0.05, 0) is 40.2 Å². The average molecular weight is 406 g/mol. The number of benzene rings is 2. The van der Waals surface area contributed by atoms with Gasteiger partial charge in [-0.25, -0.2) is 5.43 Å². The molecule has 1 aromatic heterocycles. The number of phenolic OH excluding ortho intramolecular Hbond substituents is 1. The summed E-state index contributed by atoms with van der Waals surface area (Å²) in [5, 5.41) is 16.0. The molecule has 0 radical (unpaired) electrons. The number of aromatic hydroxyl groups is 1. The van der Waals surface area contributed by atoms with Crippen LogP contribution in [0.5, 0.6) is 5.75 Å². The molecule has 2 aromatic carbocycles. The third kappa shape index (κ3) is 4.73. The Morgan fingerprint density at radius 3 is 2.27 bits per heavy atom. The van der Waals surface area contributed by atoms with Gasteiger partial charge in [0.05, 0.1) is 12.6 Å². The number of fused-ring (bicyclic) bond motifs is 1. The van der Waals surface area contributed by atoms with E-state index in [1.807, 2.05) is 42.6 Å². The average Bonchev–Trinajstić information content (AvgIpc) is 3.04. The summed E-state index contributed by atoms with van der Waals surface area (Å²) >= 11 is 0. The van der Waals surface area contributed by atoms with E-state index in [1.54, 1.807) is 6.21 Å². The zero-order chi connectivity index (χ0) is 22.1. The van der Waals surface area contributed by atoms with Crippen molar-refractivity contribution in [2.75, 3.05) is 0 Å². The van der Waals surface area contributed by atoms with Crippen molar-refractivity contribution in [3.05, 3.63) is 64.8 Å². The van der Waals surface area contributed by atoms with Crippen LogP contribution in [0.3, 0.4) is 0 Å². The van der Waals surface area contributed by atoms with Crippen LogP contribution in [0, 0.1) is 0 Å². The predicted molar refractivity (Wildman–Crippen MR) is 123 cm³/mol. The van der Waals surface area contributed by atoms with Crippen molar-refractivity contribution < 1.29 is 9.90 Å². The molecule has 0 spiro atoms. The lowest BCUT2D eigenvalue weighted by Gasteiger charge is -2.27. The number of nitrogens with zero attached hydrogens (tertiary/aromatic N) is 1. The van der Waals surface area contributed by atoms with Crippen LogP contribution in [-0.4, -0.2) is 22.2 Å². The molecule has 3 N–H and O–H groups in total. The van der Waals surface area contributed by atoms with E-state index in [4.69, 9.17) is 0 Å². The molecule has 0 bridgehead atoms. The Balaban J connectivity index is 1.79. The van der Waals surface area contributed by atoms with Crippen LogP contribution in [0.15, 0.2) is 47.7 Å². The molecule has 5 nitrogen and oxygen atoms in total. The number of hydrazone groups is 1. The molecule has 0 atom stereocenters.